The van der Waals surface area contributed by atoms with Crippen LogP contribution in [-0.2, 0) is 0 Å². The van der Waals surface area contributed by atoms with Gasteiger partial charge in [-0.1, -0.05) is 0 Å². The molecule has 0 saturated carbocycles. The van der Waals surface area contributed by atoms with E-state index >= 15 is 0 Å². The van der Waals surface area contributed by atoms with Crippen LogP contribution in [0.2, 0.25) is 0 Å². The highest BCUT2D eigenvalue weighted by atomic mass is 79.9. The molecule has 84 valence electrons. The standard InChI is InChI=1S/C5H4BrN.C5H11NO2/c6-5-2-1-3-7-4-5;1-5(2,3)6-4(7)8/h1-4H;6H,1-3H3,(H,7,8). The van der Waals surface area contributed by atoms with Crippen molar-refractivity contribution in [1.29, 1.82) is 0 Å². The lowest BCUT2D eigenvalue weighted by molar-refractivity contribution is 0.184. The van der Waals surface area contributed by atoms with Gasteiger partial charge in [-0.3, -0.25) is 4.98 Å². The number of nitrogens with zero attached hydrogens (tertiary/aromatic N) is 1. The Morgan fingerprint density at radius 2 is 2.13 bits per heavy atom. The molecule has 1 aromatic rings. The molecule has 1 heterocycles. The number of carboxylic acid groups (broad SMARTS) is 1. The first-order valence-corrected chi connectivity index (χ1v) is 5.17. The van der Waals surface area contributed by atoms with Crippen LogP contribution in [0.15, 0.2) is 29.0 Å². The first-order chi connectivity index (χ1) is 6.81. The van der Waals surface area contributed by atoms with Crippen LogP contribution in [0.25, 0.3) is 0 Å². The number of nitrogens with one attached hydrogen (secondary N) is 1. The van der Waals surface area contributed by atoms with E-state index in [0.717, 1.165) is 4.47 Å². The van der Waals surface area contributed by atoms with Crippen molar-refractivity contribution in [2.75, 3.05) is 0 Å². The minimum atomic E-state index is -0.975. The van der Waals surface area contributed by atoms with Gasteiger partial charge in [0.05, 0.1) is 0 Å². The van der Waals surface area contributed by atoms with E-state index in [1.165, 1.54) is 0 Å². The van der Waals surface area contributed by atoms with Crippen LogP contribution < -0.4 is 5.32 Å². The summed E-state index contributed by atoms with van der Waals surface area (Å²) in [5, 5.41) is 10.4. The minimum absolute atomic E-state index is 0.328. The minimum Gasteiger partial charge on any atom is -0.465 e. The molecule has 2 N–H and O–H groups in total. The Morgan fingerprint density at radius 3 is 2.27 bits per heavy atom. The maximum Gasteiger partial charge on any atom is 0.405 e. The summed E-state index contributed by atoms with van der Waals surface area (Å²) in [4.78, 5) is 13.7. The lowest BCUT2D eigenvalue weighted by Crippen LogP contribution is -2.39. The van der Waals surface area contributed by atoms with Gasteiger partial charge in [0.1, 0.15) is 0 Å². The van der Waals surface area contributed by atoms with Crippen molar-refractivity contribution in [2.45, 2.75) is 26.3 Å². The molecule has 1 aromatic heterocycles. The van der Waals surface area contributed by atoms with Gasteiger partial charge in [-0.15, -0.1) is 0 Å². The highest BCUT2D eigenvalue weighted by molar-refractivity contribution is 9.10. The molecular formula is C10H15BrN2O2. The number of pyridine rings is 1. The second-order valence-electron chi connectivity index (χ2n) is 3.85. The van der Waals surface area contributed by atoms with E-state index in [1.54, 1.807) is 33.2 Å². The molecule has 0 fully saturated rings. The van der Waals surface area contributed by atoms with Gasteiger partial charge in [0.15, 0.2) is 0 Å². The molecule has 1 amide bonds. The Kier molecular flexibility index (Phi) is 5.93. The Balaban J connectivity index is 0.000000262. The van der Waals surface area contributed by atoms with Gasteiger partial charge in [-0.05, 0) is 48.8 Å². The van der Waals surface area contributed by atoms with Crippen LogP contribution in [0.4, 0.5) is 4.79 Å². The zero-order chi connectivity index (χ0) is 11.9. The molecule has 5 heteroatoms. The zero-order valence-electron chi connectivity index (χ0n) is 8.99. The van der Waals surface area contributed by atoms with Crippen molar-refractivity contribution in [3.8, 4) is 0 Å². The fourth-order valence-electron chi connectivity index (χ4n) is 0.663. The molecule has 0 saturated heterocycles. The van der Waals surface area contributed by atoms with Gasteiger partial charge in [-0.25, -0.2) is 4.79 Å². The number of rotatable bonds is 0. The fraction of sp³-hybridized carbons (Fsp3) is 0.400. The molecule has 15 heavy (non-hydrogen) atoms. The third-order valence-electron chi connectivity index (χ3n) is 1.11. The van der Waals surface area contributed by atoms with Crippen molar-refractivity contribution in [3.05, 3.63) is 29.0 Å². The van der Waals surface area contributed by atoms with Gasteiger partial charge in [0.2, 0.25) is 0 Å². The van der Waals surface area contributed by atoms with E-state index in [2.05, 4.69) is 26.2 Å². The molecule has 0 aliphatic rings. The van der Waals surface area contributed by atoms with Crippen molar-refractivity contribution < 1.29 is 9.90 Å². The fourth-order valence-corrected chi connectivity index (χ4v) is 0.934. The number of carbonyl (C=O) groups is 1. The van der Waals surface area contributed by atoms with E-state index in [1.807, 2.05) is 12.1 Å². The summed E-state index contributed by atoms with van der Waals surface area (Å²) in [6.07, 6.45) is 2.52. The number of amides is 1. The zero-order valence-corrected chi connectivity index (χ0v) is 10.6. The molecule has 0 aliphatic heterocycles. The molecule has 0 aliphatic carbocycles. The largest absolute Gasteiger partial charge is 0.465 e. The molecular weight excluding hydrogens is 260 g/mol. The van der Waals surface area contributed by atoms with Crippen LogP contribution in [0.3, 0.4) is 0 Å². The Hall–Kier alpha value is -1.10. The van der Waals surface area contributed by atoms with Crippen molar-refractivity contribution in [1.82, 2.24) is 10.3 Å². The second kappa shape index (κ2) is 6.40. The summed E-state index contributed by atoms with van der Waals surface area (Å²) in [5.41, 5.74) is -0.328. The van der Waals surface area contributed by atoms with Crippen LogP contribution in [0.1, 0.15) is 20.8 Å². The second-order valence-corrected chi connectivity index (χ2v) is 4.77. The van der Waals surface area contributed by atoms with E-state index in [-0.39, 0.29) is 5.54 Å². The van der Waals surface area contributed by atoms with Crippen LogP contribution in [0, 0.1) is 0 Å². The number of hydrogen-bond donors (Lipinski definition) is 2. The number of aromatic nitrogens is 1. The predicted molar refractivity (Wildman–Crippen MR) is 62.9 cm³/mol. The molecule has 0 unspecified atom stereocenters. The average molecular weight is 275 g/mol. The van der Waals surface area contributed by atoms with E-state index in [0.29, 0.717) is 0 Å². The molecule has 1 rings (SSSR count). The van der Waals surface area contributed by atoms with Gasteiger partial charge < -0.3 is 10.4 Å². The number of halogens is 1. The van der Waals surface area contributed by atoms with E-state index in [4.69, 9.17) is 5.11 Å². The monoisotopic (exact) mass is 274 g/mol. The summed E-state index contributed by atoms with van der Waals surface area (Å²) >= 11 is 3.25. The summed E-state index contributed by atoms with van der Waals surface area (Å²) in [6, 6.07) is 3.82. The quantitative estimate of drug-likeness (QED) is 0.765. The highest BCUT2D eigenvalue weighted by Crippen LogP contribution is 2.02. The molecule has 0 aromatic carbocycles. The van der Waals surface area contributed by atoms with Crippen molar-refractivity contribution >= 4 is 22.0 Å². The normalized spacial score (nSPS) is 9.87. The molecule has 0 atom stereocenters. The van der Waals surface area contributed by atoms with Crippen LogP contribution >= 0.6 is 15.9 Å². The third-order valence-corrected chi connectivity index (χ3v) is 1.58. The van der Waals surface area contributed by atoms with E-state index < -0.39 is 6.09 Å². The smallest absolute Gasteiger partial charge is 0.405 e. The lowest BCUT2D eigenvalue weighted by atomic mass is 10.1. The molecule has 0 radical (unpaired) electrons. The Morgan fingerprint density at radius 1 is 1.53 bits per heavy atom. The van der Waals surface area contributed by atoms with Gasteiger partial charge in [0.25, 0.3) is 0 Å². The van der Waals surface area contributed by atoms with E-state index in [9.17, 15) is 4.79 Å². The predicted octanol–water partition coefficient (Wildman–Crippen LogP) is 2.90. The van der Waals surface area contributed by atoms with Crippen LogP contribution in [-0.4, -0.2) is 21.7 Å². The first-order valence-electron chi connectivity index (χ1n) is 4.38. The molecule has 0 bridgehead atoms. The average Bonchev–Trinajstić information content (AvgIpc) is 2.01. The molecule has 4 nitrogen and oxygen atoms in total. The maximum absolute atomic E-state index is 9.90. The van der Waals surface area contributed by atoms with Gasteiger partial charge >= 0.3 is 6.09 Å². The summed E-state index contributed by atoms with van der Waals surface area (Å²) in [6.45, 7) is 5.38. The Labute approximate surface area is 97.9 Å². The third kappa shape index (κ3) is 10.8. The lowest BCUT2D eigenvalue weighted by Gasteiger charge is -2.16. The first kappa shape index (κ1) is 13.9. The van der Waals surface area contributed by atoms with Crippen molar-refractivity contribution in [2.24, 2.45) is 0 Å². The van der Waals surface area contributed by atoms with Crippen molar-refractivity contribution in [3.63, 3.8) is 0 Å². The summed E-state index contributed by atoms with van der Waals surface area (Å²) in [5.74, 6) is 0. The van der Waals surface area contributed by atoms with Gasteiger partial charge in [0, 0.05) is 22.4 Å². The maximum atomic E-state index is 9.90. The van der Waals surface area contributed by atoms with Crippen LogP contribution in [0.5, 0.6) is 0 Å². The highest BCUT2D eigenvalue weighted by Gasteiger charge is 2.10. The summed E-state index contributed by atoms with van der Waals surface area (Å²) < 4.78 is 1.02. The van der Waals surface area contributed by atoms with Gasteiger partial charge in [-0.2, -0.15) is 0 Å². The Bertz CT molecular complexity index is 296. The number of hydrogen-bond acceptors (Lipinski definition) is 2. The SMILES string of the molecule is Brc1cccnc1.CC(C)(C)NC(=O)O. The topological polar surface area (TPSA) is 62.2 Å². The summed E-state index contributed by atoms with van der Waals surface area (Å²) in [7, 11) is 0. The molecule has 0 spiro atoms.